The van der Waals surface area contributed by atoms with Gasteiger partial charge in [-0.15, -0.1) is 0 Å². The number of rotatable bonds is 3. The third-order valence-electron chi connectivity index (χ3n) is 4.20. The van der Waals surface area contributed by atoms with E-state index in [9.17, 15) is 13.2 Å². The predicted molar refractivity (Wildman–Crippen MR) is 82.7 cm³/mol. The van der Waals surface area contributed by atoms with Gasteiger partial charge in [0.25, 0.3) is 0 Å². The number of benzene rings is 2. The Bertz CT molecular complexity index is 697. The molecule has 2 aromatic carbocycles. The van der Waals surface area contributed by atoms with E-state index in [2.05, 4.69) is 5.32 Å². The molecule has 0 aromatic heterocycles. The van der Waals surface area contributed by atoms with Crippen LogP contribution in [0.3, 0.4) is 0 Å². The number of nitrogens with one attached hydrogen (secondary N) is 1. The van der Waals surface area contributed by atoms with Crippen molar-refractivity contribution in [2.75, 3.05) is 7.05 Å². The summed E-state index contributed by atoms with van der Waals surface area (Å²) in [5.41, 5.74) is 1.58. The normalized spacial score (nSPS) is 17.7. The average molecular weight is 321 g/mol. The first-order chi connectivity index (χ1) is 11.0. The lowest BCUT2D eigenvalue weighted by molar-refractivity contribution is -0.138. The van der Waals surface area contributed by atoms with E-state index in [0.29, 0.717) is 11.8 Å². The molecule has 0 saturated carbocycles. The molecule has 0 spiro atoms. The van der Waals surface area contributed by atoms with Crippen LogP contribution in [0.5, 0.6) is 11.5 Å². The maximum absolute atomic E-state index is 13.0. The van der Waals surface area contributed by atoms with E-state index >= 15 is 0 Å². The first-order valence-corrected chi connectivity index (χ1v) is 7.63. The van der Waals surface area contributed by atoms with Crippen LogP contribution in [0.15, 0.2) is 42.5 Å². The van der Waals surface area contributed by atoms with Gasteiger partial charge in [0.15, 0.2) is 0 Å². The van der Waals surface area contributed by atoms with Crippen LogP contribution in [0.1, 0.15) is 35.6 Å². The van der Waals surface area contributed by atoms with Crippen LogP contribution in [0.2, 0.25) is 0 Å². The largest absolute Gasteiger partial charge is 0.457 e. The van der Waals surface area contributed by atoms with Gasteiger partial charge in [-0.05, 0) is 61.7 Å². The van der Waals surface area contributed by atoms with Gasteiger partial charge >= 0.3 is 6.18 Å². The summed E-state index contributed by atoms with van der Waals surface area (Å²) in [4.78, 5) is 0. The van der Waals surface area contributed by atoms with E-state index in [1.54, 1.807) is 12.1 Å². The molecule has 3 rings (SSSR count). The Kier molecular flexibility index (Phi) is 4.31. The van der Waals surface area contributed by atoms with Gasteiger partial charge in [0.2, 0.25) is 0 Å². The summed E-state index contributed by atoms with van der Waals surface area (Å²) in [7, 11) is 1.92. The lowest BCUT2D eigenvalue weighted by atomic mass is 9.87. The zero-order valence-corrected chi connectivity index (χ0v) is 12.8. The van der Waals surface area contributed by atoms with Gasteiger partial charge in [0.1, 0.15) is 11.5 Å². The molecule has 0 aliphatic heterocycles. The molecule has 5 heteroatoms. The number of halogens is 3. The molecule has 1 unspecified atom stereocenters. The number of aryl methyl sites for hydroxylation is 1. The first-order valence-electron chi connectivity index (χ1n) is 7.63. The lowest BCUT2D eigenvalue weighted by Gasteiger charge is -2.25. The zero-order valence-electron chi connectivity index (χ0n) is 12.8. The number of para-hydroxylation sites is 1. The van der Waals surface area contributed by atoms with Crippen molar-refractivity contribution in [1.82, 2.24) is 5.32 Å². The van der Waals surface area contributed by atoms with Crippen LogP contribution in [0, 0.1) is 0 Å². The van der Waals surface area contributed by atoms with Gasteiger partial charge in [-0.25, -0.2) is 0 Å². The van der Waals surface area contributed by atoms with E-state index < -0.39 is 11.7 Å². The van der Waals surface area contributed by atoms with Crippen molar-refractivity contribution in [3.05, 3.63) is 59.2 Å². The Labute approximate surface area is 133 Å². The Morgan fingerprint density at radius 1 is 1.13 bits per heavy atom. The second-order valence-electron chi connectivity index (χ2n) is 5.69. The highest BCUT2D eigenvalue weighted by Crippen LogP contribution is 2.39. The minimum absolute atomic E-state index is 0.166. The Hall–Kier alpha value is -2.01. The van der Waals surface area contributed by atoms with Crippen LogP contribution in [0.4, 0.5) is 13.2 Å². The fraction of sp³-hybridized carbons (Fsp3) is 0.333. The molecule has 23 heavy (non-hydrogen) atoms. The van der Waals surface area contributed by atoms with Gasteiger partial charge in [-0.2, -0.15) is 13.2 Å². The van der Waals surface area contributed by atoms with Crippen LogP contribution < -0.4 is 10.1 Å². The summed E-state index contributed by atoms with van der Waals surface area (Å²) in [5, 5.41) is 3.27. The van der Waals surface area contributed by atoms with Crippen LogP contribution in [-0.4, -0.2) is 7.05 Å². The highest BCUT2D eigenvalue weighted by molar-refractivity contribution is 5.43. The second-order valence-corrected chi connectivity index (χ2v) is 5.69. The van der Waals surface area contributed by atoms with Gasteiger partial charge in [-0.3, -0.25) is 0 Å². The van der Waals surface area contributed by atoms with Gasteiger partial charge < -0.3 is 10.1 Å². The fourth-order valence-electron chi connectivity index (χ4n) is 3.07. The van der Waals surface area contributed by atoms with Crippen molar-refractivity contribution in [3.8, 4) is 11.5 Å². The average Bonchev–Trinajstić information content (AvgIpc) is 2.53. The SMILES string of the molecule is CNC1CCCc2cc(Oc3ccccc3C(F)(F)F)ccc21. The smallest absolute Gasteiger partial charge is 0.419 e. The first kappa shape index (κ1) is 15.9. The predicted octanol–water partition coefficient (Wildman–Crippen LogP) is 5.09. The number of hydrogen-bond acceptors (Lipinski definition) is 2. The van der Waals surface area contributed by atoms with E-state index in [4.69, 9.17) is 4.74 Å². The van der Waals surface area contributed by atoms with E-state index in [0.717, 1.165) is 30.9 Å². The van der Waals surface area contributed by atoms with Gasteiger partial charge in [0.05, 0.1) is 5.56 Å². The molecule has 2 aromatic rings. The number of ether oxygens (including phenoxy) is 1. The minimum Gasteiger partial charge on any atom is -0.457 e. The summed E-state index contributed by atoms with van der Waals surface area (Å²) >= 11 is 0. The van der Waals surface area contributed by atoms with Gasteiger partial charge in [-0.1, -0.05) is 18.2 Å². The molecule has 2 nitrogen and oxygen atoms in total. The third-order valence-corrected chi connectivity index (χ3v) is 4.20. The standard InChI is InChI=1S/C18H18F3NO/c1-22-16-7-4-5-12-11-13(9-10-14(12)16)23-17-8-3-2-6-15(17)18(19,20)21/h2-3,6,8-11,16,22H,4-5,7H2,1H3. The summed E-state index contributed by atoms with van der Waals surface area (Å²) in [5.74, 6) is 0.276. The molecule has 1 atom stereocenters. The van der Waals surface area contributed by atoms with Crippen molar-refractivity contribution >= 4 is 0 Å². The van der Waals surface area contributed by atoms with Crippen LogP contribution in [-0.2, 0) is 12.6 Å². The molecule has 1 N–H and O–H groups in total. The summed E-state index contributed by atoms with van der Waals surface area (Å²) in [6.07, 6.45) is -1.38. The van der Waals surface area contributed by atoms with Crippen molar-refractivity contribution < 1.29 is 17.9 Å². The maximum Gasteiger partial charge on any atom is 0.419 e. The van der Waals surface area contributed by atoms with Gasteiger partial charge in [0, 0.05) is 6.04 Å². The molecular weight excluding hydrogens is 303 g/mol. The Morgan fingerprint density at radius 2 is 1.91 bits per heavy atom. The molecule has 0 amide bonds. The highest BCUT2D eigenvalue weighted by atomic mass is 19.4. The number of hydrogen-bond donors (Lipinski definition) is 1. The highest BCUT2D eigenvalue weighted by Gasteiger charge is 2.34. The summed E-state index contributed by atoms with van der Waals surface area (Å²) in [6, 6.07) is 11.1. The molecule has 1 aliphatic carbocycles. The van der Waals surface area contributed by atoms with E-state index in [1.807, 2.05) is 19.2 Å². The number of alkyl halides is 3. The third kappa shape index (κ3) is 3.34. The summed E-state index contributed by atoms with van der Waals surface area (Å²) < 4.78 is 44.6. The number of fused-ring (bicyclic) bond motifs is 1. The molecule has 0 fully saturated rings. The molecular formula is C18H18F3NO. The summed E-state index contributed by atoms with van der Waals surface area (Å²) in [6.45, 7) is 0. The molecule has 0 saturated heterocycles. The van der Waals surface area contributed by atoms with Crippen molar-refractivity contribution in [2.45, 2.75) is 31.5 Å². The van der Waals surface area contributed by atoms with Crippen molar-refractivity contribution in [2.24, 2.45) is 0 Å². The quantitative estimate of drug-likeness (QED) is 0.850. The second kappa shape index (κ2) is 6.24. The molecule has 122 valence electrons. The van der Waals surface area contributed by atoms with Crippen molar-refractivity contribution in [1.29, 1.82) is 0 Å². The van der Waals surface area contributed by atoms with Crippen LogP contribution in [0.25, 0.3) is 0 Å². The van der Waals surface area contributed by atoms with Crippen molar-refractivity contribution in [3.63, 3.8) is 0 Å². The molecule has 0 radical (unpaired) electrons. The zero-order chi connectivity index (χ0) is 16.4. The van der Waals surface area contributed by atoms with E-state index in [1.165, 1.54) is 17.7 Å². The van der Waals surface area contributed by atoms with E-state index in [-0.39, 0.29) is 5.75 Å². The Morgan fingerprint density at radius 3 is 2.65 bits per heavy atom. The maximum atomic E-state index is 13.0. The molecule has 0 bridgehead atoms. The molecule has 1 aliphatic rings. The monoisotopic (exact) mass is 321 g/mol. The minimum atomic E-state index is -4.43. The lowest BCUT2D eigenvalue weighted by Crippen LogP contribution is -2.21. The fourth-order valence-corrected chi connectivity index (χ4v) is 3.07. The Balaban J connectivity index is 1.90. The van der Waals surface area contributed by atoms with Crippen LogP contribution >= 0.6 is 0 Å². The topological polar surface area (TPSA) is 21.3 Å². The molecule has 0 heterocycles.